The minimum absolute atomic E-state index is 0.159. The van der Waals surface area contributed by atoms with Gasteiger partial charge in [0.1, 0.15) is 10.7 Å². The Morgan fingerprint density at radius 1 is 1.43 bits per heavy atom. The van der Waals surface area contributed by atoms with Gasteiger partial charge in [-0.25, -0.2) is 4.98 Å². The Kier molecular flexibility index (Phi) is 4.73. The summed E-state index contributed by atoms with van der Waals surface area (Å²) in [6.45, 7) is 6.82. The van der Waals surface area contributed by atoms with Crippen molar-refractivity contribution in [3.63, 3.8) is 0 Å². The number of nitrogen functional groups attached to an aromatic ring is 1. The molecule has 0 aliphatic rings. The second-order valence-corrected chi connectivity index (χ2v) is 5.93. The Labute approximate surface area is 126 Å². The van der Waals surface area contributed by atoms with Crippen LogP contribution < -0.4 is 16.4 Å². The first kappa shape index (κ1) is 15.2. The maximum Gasteiger partial charge on any atom is 0.265 e. The molecule has 8 nitrogen and oxygen atoms in total. The molecular weight excluding hydrogens is 292 g/mol. The Morgan fingerprint density at radius 3 is 2.81 bits per heavy atom. The number of aromatic nitrogens is 3. The molecule has 0 aromatic carbocycles. The van der Waals surface area contributed by atoms with E-state index in [4.69, 9.17) is 10.3 Å². The van der Waals surface area contributed by atoms with Gasteiger partial charge in [-0.1, -0.05) is 30.3 Å². The Hall–Kier alpha value is -2.16. The highest BCUT2D eigenvalue weighted by molar-refractivity contribution is 7.18. The van der Waals surface area contributed by atoms with Crippen molar-refractivity contribution >= 4 is 28.2 Å². The Bertz CT molecular complexity index is 621. The lowest BCUT2D eigenvalue weighted by Crippen LogP contribution is -2.22. The molecule has 0 aliphatic heterocycles. The third kappa shape index (κ3) is 4.15. The van der Waals surface area contributed by atoms with Gasteiger partial charge in [0, 0.05) is 6.54 Å². The van der Waals surface area contributed by atoms with Crippen molar-refractivity contribution in [2.24, 2.45) is 5.92 Å². The number of thiazole rings is 1. The molecule has 2 aromatic heterocycles. The molecule has 0 bridgehead atoms. The monoisotopic (exact) mass is 310 g/mol. The predicted molar refractivity (Wildman–Crippen MR) is 80.1 cm³/mol. The number of anilines is 2. The molecule has 0 unspecified atom stereocenters. The van der Waals surface area contributed by atoms with Crippen molar-refractivity contribution in [2.45, 2.75) is 27.3 Å². The molecule has 2 rings (SSSR count). The van der Waals surface area contributed by atoms with Crippen LogP contribution in [0.1, 0.15) is 35.2 Å². The summed E-state index contributed by atoms with van der Waals surface area (Å²) in [5, 5.41) is 10.1. The van der Waals surface area contributed by atoms with Crippen molar-refractivity contribution in [1.29, 1.82) is 0 Å². The lowest BCUT2D eigenvalue weighted by atomic mass is 10.2. The summed E-state index contributed by atoms with van der Waals surface area (Å²) in [6.07, 6.45) is 0. The van der Waals surface area contributed by atoms with Crippen LogP contribution >= 0.6 is 11.3 Å². The van der Waals surface area contributed by atoms with Crippen molar-refractivity contribution in [1.82, 2.24) is 20.4 Å². The number of hydrogen-bond donors (Lipinski definition) is 3. The van der Waals surface area contributed by atoms with Gasteiger partial charge in [-0.05, 0) is 12.8 Å². The van der Waals surface area contributed by atoms with Crippen LogP contribution in [0.2, 0.25) is 0 Å². The normalized spacial score (nSPS) is 10.9. The summed E-state index contributed by atoms with van der Waals surface area (Å²) >= 11 is 1.22. The molecular formula is C12H18N6O2S. The average molecular weight is 310 g/mol. The van der Waals surface area contributed by atoms with Crippen LogP contribution in [0.15, 0.2) is 4.52 Å². The summed E-state index contributed by atoms with van der Waals surface area (Å²) in [7, 11) is 0. The standard InChI is InChI=1S/C12H18N6O2S/c1-6(2)4-15-12-17-10(13)9(21-12)11(19)14-5-8-16-7(3)18-20-8/h6H,4-5,13H2,1-3H3,(H,14,19)(H,15,17). The van der Waals surface area contributed by atoms with Gasteiger partial charge in [-0.3, -0.25) is 4.79 Å². The van der Waals surface area contributed by atoms with Crippen LogP contribution in [0.3, 0.4) is 0 Å². The fourth-order valence-corrected chi connectivity index (χ4v) is 2.32. The van der Waals surface area contributed by atoms with Gasteiger partial charge >= 0.3 is 0 Å². The number of amides is 1. The topological polar surface area (TPSA) is 119 Å². The van der Waals surface area contributed by atoms with Crippen LogP contribution in [-0.2, 0) is 6.54 Å². The van der Waals surface area contributed by atoms with Crippen LogP contribution in [0, 0.1) is 12.8 Å². The van der Waals surface area contributed by atoms with Gasteiger partial charge in [-0.15, -0.1) is 0 Å². The number of carbonyl (C=O) groups excluding carboxylic acids is 1. The largest absolute Gasteiger partial charge is 0.382 e. The van der Waals surface area contributed by atoms with E-state index < -0.39 is 0 Å². The van der Waals surface area contributed by atoms with Crippen LogP contribution in [0.25, 0.3) is 0 Å². The number of nitrogens with zero attached hydrogens (tertiary/aromatic N) is 3. The molecule has 0 saturated heterocycles. The van der Waals surface area contributed by atoms with E-state index in [-0.39, 0.29) is 18.3 Å². The van der Waals surface area contributed by atoms with E-state index in [0.29, 0.717) is 27.6 Å². The molecule has 4 N–H and O–H groups in total. The molecule has 0 atom stereocenters. The molecule has 0 aliphatic carbocycles. The summed E-state index contributed by atoms with van der Waals surface area (Å²) < 4.78 is 4.92. The van der Waals surface area contributed by atoms with E-state index in [1.165, 1.54) is 11.3 Å². The Morgan fingerprint density at radius 2 is 2.19 bits per heavy atom. The number of rotatable bonds is 6. The van der Waals surface area contributed by atoms with E-state index in [1.54, 1.807) is 6.92 Å². The van der Waals surface area contributed by atoms with Gasteiger partial charge < -0.3 is 20.9 Å². The summed E-state index contributed by atoms with van der Waals surface area (Å²) in [5.41, 5.74) is 5.77. The third-order valence-corrected chi connectivity index (χ3v) is 3.52. The van der Waals surface area contributed by atoms with Crippen LogP contribution in [0.4, 0.5) is 10.9 Å². The third-order valence-electron chi connectivity index (χ3n) is 2.49. The van der Waals surface area contributed by atoms with Crippen molar-refractivity contribution in [3.05, 3.63) is 16.6 Å². The zero-order valence-corrected chi connectivity index (χ0v) is 13.0. The highest BCUT2D eigenvalue weighted by Crippen LogP contribution is 2.25. The smallest absolute Gasteiger partial charge is 0.265 e. The molecule has 0 spiro atoms. The van der Waals surface area contributed by atoms with Gasteiger partial charge in [0.05, 0.1) is 6.54 Å². The van der Waals surface area contributed by atoms with E-state index in [2.05, 4.69) is 39.6 Å². The van der Waals surface area contributed by atoms with Crippen LogP contribution in [0.5, 0.6) is 0 Å². The first-order valence-corrected chi connectivity index (χ1v) is 7.35. The first-order chi connectivity index (χ1) is 9.95. The second-order valence-electron chi connectivity index (χ2n) is 4.93. The minimum atomic E-state index is -0.307. The van der Waals surface area contributed by atoms with E-state index in [0.717, 1.165) is 6.54 Å². The summed E-state index contributed by atoms with van der Waals surface area (Å²) in [4.78, 5) is 20.6. The maximum absolute atomic E-state index is 12.1. The molecule has 0 fully saturated rings. The number of nitrogens with two attached hydrogens (primary N) is 1. The predicted octanol–water partition coefficient (Wildman–Crippen LogP) is 1.41. The molecule has 21 heavy (non-hydrogen) atoms. The minimum Gasteiger partial charge on any atom is -0.382 e. The van der Waals surface area contributed by atoms with Gasteiger partial charge in [-0.2, -0.15) is 4.98 Å². The van der Waals surface area contributed by atoms with Crippen molar-refractivity contribution in [2.75, 3.05) is 17.6 Å². The average Bonchev–Trinajstić information content (AvgIpc) is 3.00. The van der Waals surface area contributed by atoms with Crippen molar-refractivity contribution in [3.8, 4) is 0 Å². The highest BCUT2D eigenvalue weighted by Gasteiger charge is 2.17. The van der Waals surface area contributed by atoms with E-state index >= 15 is 0 Å². The molecule has 0 radical (unpaired) electrons. The molecule has 2 heterocycles. The van der Waals surface area contributed by atoms with Gasteiger partial charge in [0.2, 0.25) is 5.89 Å². The zero-order valence-electron chi connectivity index (χ0n) is 12.1. The summed E-state index contributed by atoms with van der Waals surface area (Å²) in [6, 6.07) is 0. The molecule has 9 heteroatoms. The lowest BCUT2D eigenvalue weighted by molar-refractivity contribution is 0.0951. The summed E-state index contributed by atoms with van der Waals surface area (Å²) in [5.74, 6) is 1.26. The van der Waals surface area contributed by atoms with Crippen molar-refractivity contribution < 1.29 is 9.32 Å². The molecule has 1 amide bonds. The number of hydrogen-bond acceptors (Lipinski definition) is 8. The van der Waals surface area contributed by atoms with E-state index in [9.17, 15) is 4.79 Å². The number of carbonyl (C=O) groups is 1. The highest BCUT2D eigenvalue weighted by atomic mass is 32.1. The quantitative estimate of drug-likeness (QED) is 0.738. The Balaban J connectivity index is 1.95. The second kappa shape index (κ2) is 6.53. The van der Waals surface area contributed by atoms with Gasteiger partial charge in [0.25, 0.3) is 5.91 Å². The lowest BCUT2D eigenvalue weighted by Gasteiger charge is -2.04. The first-order valence-electron chi connectivity index (χ1n) is 6.53. The van der Waals surface area contributed by atoms with Gasteiger partial charge in [0.15, 0.2) is 11.0 Å². The fourth-order valence-electron chi connectivity index (χ4n) is 1.51. The molecule has 114 valence electrons. The van der Waals surface area contributed by atoms with E-state index in [1.807, 2.05) is 0 Å². The molecule has 0 saturated carbocycles. The number of nitrogens with one attached hydrogen (secondary N) is 2. The zero-order chi connectivity index (χ0) is 15.4. The molecule has 2 aromatic rings. The van der Waals surface area contributed by atoms with Crippen LogP contribution in [-0.4, -0.2) is 27.6 Å². The SMILES string of the molecule is Cc1noc(CNC(=O)c2sc(NCC(C)C)nc2N)n1. The number of aryl methyl sites for hydroxylation is 1. The fraction of sp³-hybridized carbons (Fsp3) is 0.500. The maximum atomic E-state index is 12.1.